The number of aryl methyl sites for hydroxylation is 1. The topological polar surface area (TPSA) is 102 Å². The second-order valence-electron chi connectivity index (χ2n) is 6.44. The minimum Gasteiger partial charge on any atom is -0.497 e. The molecule has 1 aromatic heterocycles. The SMILES string of the molecule is COc1ccc(CNC(=O)COCc2nnc(C(=O)Nc3ccc(C)cc3)s2)cc1. The number of ether oxygens (including phenoxy) is 2. The Labute approximate surface area is 178 Å². The zero-order valence-electron chi connectivity index (χ0n) is 16.7. The monoisotopic (exact) mass is 426 g/mol. The van der Waals surface area contributed by atoms with Gasteiger partial charge in [-0.15, -0.1) is 10.2 Å². The van der Waals surface area contributed by atoms with Crippen LogP contribution < -0.4 is 15.4 Å². The Kier molecular flexibility index (Phi) is 7.47. The molecule has 0 fully saturated rings. The van der Waals surface area contributed by atoms with E-state index in [0.29, 0.717) is 17.2 Å². The number of anilines is 1. The summed E-state index contributed by atoms with van der Waals surface area (Å²) in [6.07, 6.45) is 0. The van der Waals surface area contributed by atoms with E-state index in [2.05, 4.69) is 20.8 Å². The van der Waals surface area contributed by atoms with Crippen molar-refractivity contribution in [1.29, 1.82) is 0 Å². The molecule has 30 heavy (non-hydrogen) atoms. The van der Waals surface area contributed by atoms with E-state index in [1.807, 2.05) is 55.5 Å². The van der Waals surface area contributed by atoms with E-state index in [0.717, 1.165) is 28.2 Å². The van der Waals surface area contributed by atoms with Crippen molar-refractivity contribution < 1.29 is 19.1 Å². The highest BCUT2D eigenvalue weighted by Crippen LogP contribution is 2.15. The van der Waals surface area contributed by atoms with Gasteiger partial charge in [-0.1, -0.05) is 41.2 Å². The molecule has 2 N–H and O–H groups in total. The third kappa shape index (κ3) is 6.36. The fraction of sp³-hybridized carbons (Fsp3) is 0.238. The van der Waals surface area contributed by atoms with Gasteiger partial charge in [-0.2, -0.15) is 0 Å². The smallest absolute Gasteiger partial charge is 0.286 e. The molecule has 2 amide bonds. The van der Waals surface area contributed by atoms with Crippen molar-refractivity contribution in [2.75, 3.05) is 19.0 Å². The molecule has 156 valence electrons. The normalized spacial score (nSPS) is 10.5. The Morgan fingerprint density at radius 2 is 1.77 bits per heavy atom. The number of benzene rings is 2. The average molecular weight is 426 g/mol. The van der Waals surface area contributed by atoms with Crippen molar-refractivity contribution in [1.82, 2.24) is 15.5 Å². The highest BCUT2D eigenvalue weighted by molar-refractivity contribution is 7.13. The lowest BCUT2D eigenvalue weighted by atomic mass is 10.2. The van der Waals surface area contributed by atoms with E-state index in [1.165, 1.54) is 0 Å². The van der Waals surface area contributed by atoms with Crippen LogP contribution in [0.3, 0.4) is 0 Å². The van der Waals surface area contributed by atoms with Gasteiger partial charge in [0.1, 0.15) is 24.0 Å². The molecule has 0 atom stereocenters. The van der Waals surface area contributed by atoms with Crippen LogP contribution in [0.5, 0.6) is 5.75 Å². The van der Waals surface area contributed by atoms with Gasteiger partial charge in [0.15, 0.2) is 0 Å². The lowest BCUT2D eigenvalue weighted by Gasteiger charge is -2.06. The van der Waals surface area contributed by atoms with Gasteiger partial charge >= 0.3 is 0 Å². The van der Waals surface area contributed by atoms with Crippen LogP contribution in [0.25, 0.3) is 0 Å². The Hall–Kier alpha value is -3.30. The molecule has 0 bridgehead atoms. The minimum absolute atomic E-state index is 0.103. The van der Waals surface area contributed by atoms with Crippen LogP contribution in [0.4, 0.5) is 5.69 Å². The summed E-state index contributed by atoms with van der Waals surface area (Å²) >= 11 is 1.13. The largest absolute Gasteiger partial charge is 0.497 e. The zero-order valence-corrected chi connectivity index (χ0v) is 17.5. The third-order valence-corrected chi connectivity index (χ3v) is 4.97. The molecular formula is C21H22N4O4S. The van der Waals surface area contributed by atoms with Crippen molar-refractivity contribution in [3.63, 3.8) is 0 Å². The van der Waals surface area contributed by atoms with Crippen LogP contribution >= 0.6 is 11.3 Å². The van der Waals surface area contributed by atoms with Crippen LogP contribution in [-0.4, -0.2) is 35.7 Å². The van der Waals surface area contributed by atoms with Crippen LogP contribution in [0, 0.1) is 6.92 Å². The molecule has 0 saturated carbocycles. The van der Waals surface area contributed by atoms with Crippen molar-refractivity contribution in [3.8, 4) is 5.75 Å². The second kappa shape index (κ2) is 10.5. The number of carbonyl (C=O) groups excluding carboxylic acids is 2. The van der Waals surface area contributed by atoms with Crippen LogP contribution in [-0.2, 0) is 22.7 Å². The number of hydrogen-bond donors (Lipinski definition) is 2. The molecule has 0 aliphatic heterocycles. The summed E-state index contributed by atoms with van der Waals surface area (Å²) in [7, 11) is 1.60. The molecule has 2 aromatic carbocycles. The van der Waals surface area contributed by atoms with E-state index in [1.54, 1.807) is 7.11 Å². The fourth-order valence-corrected chi connectivity index (χ4v) is 3.12. The van der Waals surface area contributed by atoms with E-state index in [9.17, 15) is 9.59 Å². The lowest BCUT2D eigenvalue weighted by Crippen LogP contribution is -2.27. The second-order valence-corrected chi connectivity index (χ2v) is 7.50. The summed E-state index contributed by atoms with van der Waals surface area (Å²) in [6.45, 7) is 2.36. The minimum atomic E-state index is -0.333. The molecular weight excluding hydrogens is 404 g/mol. The number of nitrogens with one attached hydrogen (secondary N) is 2. The number of carbonyl (C=O) groups is 2. The van der Waals surface area contributed by atoms with E-state index < -0.39 is 0 Å². The molecule has 0 aliphatic carbocycles. The van der Waals surface area contributed by atoms with Crippen molar-refractivity contribution >= 4 is 28.8 Å². The van der Waals surface area contributed by atoms with Crippen molar-refractivity contribution in [3.05, 3.63) is 69.7 Å². The number of nitrogens with zero attached hydrogens (tertiary/aromatic N) is 2. The number of rotatable bonds is 9. The summed E-state index contributed by atoms with van der Waals surface area (Å²) in [6, 6.07) is 14.9. The van der Waals surface area contributed by atoms with Crippen LogP contribution in [0.2, 0.25) is 0 Å². The van der Waals surface area contributed by atoms with Gasteiger partial charge in [0.2, 0.25) is 10.9 Å². The van der Waals surface area contributed by atoms with E-state index >= 15 is 0 Å². The molecule has 3 rings (SSSR count). The first-order valence-electron chi connectivity index (χ1n) is 9.21. The Bertz CT molecular complexity index is 987. The fourth-order valence-electron chi connectivity index (χ4n) is 2.45. The summed E-state index contributed by atoms with van der Waals surface area (Å²) < 4.78 is 10.5. The molecule has 1 heterocycles. The highest BCUT2D eigenvalue weighted by atomic mass is 32.1. The lowest BCUT2D eigenvalue weighted by molar-refractivity contribution is -0.126. The molecule has 0 saturated heterocycles. The summed E-state index contributed by atoms with van der Waals surface area (Å²) in [5.41, 5.74) is 2.75. The molecule has 3 aromatic rings. The predicted molar refractivity (Wildman–Crippen MR) is 114 cm³/mol. The summed E-state index contributed by atoms with van der Waals surface area (Å²) in [4.78, 5) is 24.2. The molecule has 0 aliphatic rings. The Morgan fingerprint density at radius 1 is 1.03 bits per heavy atom. The summed E-state index contributed by atoms with van der Waals surface area (Å²) in [5, 5.41) is 14.1. The van der Waals surface area contributed by atoms with Gasteiger partial charge in [0, 0.05) is 12.2 Å². The maximum absolute atomic E-state index is 12.2. The zero-order chi connectivity index (χ0) is 21.3. The molecule has 9 heteroatoms. The quantitative estimate of drug-likeness (QED) is 0.545. The highest BCUT2D eigenvalue weighted by Gasteiger charge is 2.13. The molecule has 0 unspecified atom stereocenters. The number of methoxy groups -OCH3 is 1. The number of hydrogen-bond acceptors (Lipinski definition) is 7. The Morgan fingerprint density at radius 3 is 2.47 bits per heavy atom. The van der Waals surface area contributed by atoms with Crippen LogP contribution in [0.1, 0.15) is 25.9 Å². The maximum Gasteiger partial charge on any atom is 0.286 e. The maximum atomic E-state index is 12.2. The molecule has 0 spiro atoms. The van der Waals surface area contributed by atoms with Gasteiger partial charge in [0.05, 0.1) is 7.11 Å². The van der Waals surface area contributed by atoms with Crippen molar-refractivity contribution in [2.24, 2.45) is 0 Å². The predicted octanol–water partition coefficient (Wildman–Crippen LogP) is 2.94. The summed E-state index contributed by atoms with van der Waals surface area (Å²) in [5.74, 6) is 0.185. The first-order valence-corrected chi connectivity index (χ1v) is 10.0. The van der Waals surface area contributed by atoms with E-state index in [4.69, 9.17) is 9.47 Å². The first kappa shape index (κ1) is 21.4. The van der Waals surface area contributed by atoms with Gasteiger partial charge < -0.3 is 20.1 Å². The average Bonchev–Trinajstić information content (AvgIpc) is 3.23. The number of aromatic nitrogens is 2. The van der Waals surface area contributed by atoms with Gasteiger partial charge in [-0.3, -0.25) is 9.59 Å². The van der Waals surface area contributed by atoms with E-state index in [-0.39, 0.29) is 30.0 Å². The Balaban J connectivity index is 1.39. The van der Waals surface area contributed by atoms with Crippen LogP contribution in [0.15, 0.2) is 48.5 Å². The van der Waals surface area contributed by atoms with Gasteiger partial charge in [0.25, 0.3) is 5.91 Å². The molecule has 8 nitrogen and oxygen atoms in total. The standard InChI is InChI=1S/C21H22N4O4S/c1-14-3-7-16(8-4-14)23-20(27)21-25-24-19(30-21)13-29-12-18(26)22-11-15-5-9-17(28-2)10-6-15/h3-10H,11-13H2,1-2H3,(H,22,26)(H,23,27). The van der Waals surface area contributed by atoms with Gasteiger partial charge in [-0.25, -0.2) is 0 Å². The third-order valence-electron chi connectivity index (χ3n) is 4.08. The van der Waals surface area contributed by atoms with Crippen molar-refractivity contribution in [2.45, 2.75) is 20.1 Å². The van der Waals surface area contributed by atoms with Gasteiger partial charge in [-0.05, 0) is 36.8 Å². The first-order chi connectivity index (χ1) is 14.5. The molecule has 0 radical (unpaired) electrons. The number of amides is 2.